The van der Waals surface area contributed by atoms with Crippen LogP contribution < -0.4 is 0 Å². The van der Waals surface area contributed by atoms with Crippen LogP contribution in [-0.2, 0) is 6.67 Å². The highest BCUT2D eigenvalue weighted by molar-refractivity contribution is 5.76. The Morgan fingerprint density at radius 3 is 2.85 bits per heavy atom. The molecule has 4 nitrogen and oxygen atoms in total. The molecule has 1 unspecified atom stereocenters. The third kappa shape index (κ3) is 2.19. The standard InChI is InChI=1S/C15H17FN4/c1-10(2)15(20-6-5-17-9-20)11-3-4-12-13(7-11)19-14(8-16)18-12/h3-7,9-10,15H,8H2,1-2H3,(H,18,19). The van der Waals surface area contributed by atoms with Gasteiger partial charge in [-0.3, -0.25) is 0 Å². The number of nitrogens with zero attached hydrogens (tertiary/aromatic N) is 3. The van der Waals surface area contributed by atoms with Crippen LogP contribution in [0.25, 0.3) is 11.0 Å². The zero-order valence-electron chi connectivity index (χ0n) is 11.5. The highest BCUT2D eigenvalue weighted by Crippen LogP contribution is 2.28. The number of aromatic amines is 1. The molecule has 0 saturated carbocycles. The topological polar surface area (TPSA) is 46.5 Å². The van der Waals surface area contributed by atoms with Gasteiger partial charge in [0.2, 0.25) is 0 Å². The Hall–Kier alpha value is -2.17. The Bertz CT molecular complexity index is 700. The summed E-state index contributed by atoms with van der Waals surface area (Å²) in [4.78, 5) is 11.3. The molecular formula is C15H17FN4. The lowest BCUT2D eigenvalue weighted by molar-refractivity contribution is 0.437. The fourth-order valence-electron chi connectivity index (χ4n) is 2.66. The minimum Gasteiger partial charge on any atom is -0.340 e. The van der Waals surface area contributed by atoms with Gasteiger partial charge >= 0.3 is 0 Å². The third-order valence-electron chi connectivity index (χ3n) is 3.50. The second kappa shape index (κ2) is 5.07. The van der Waals surface area contributed by atoms with Crippen LogP contribution in [0.5, 0.6) is 0 Å². The van der Waals surface area contributed by atoms with E-state index in [4.69, 9.17) is 0 Å². The number of aromatic nitrogens is 4. The average Bonchev–Trinajstić information content (AvgIpc) is 3.06. The Balaban J connectivity index is 2.07. The summed E-state index contributed by atoms with van der Waals surface area (Å²) in [6.45, 7) is 3.78. The van der Waals surface area contributed by atoms with E-state index in [1.165, 1.54) is 5.56 Å². The molecule has 0 aliphatic carbocycles. The van der Waals surface area contributed by atoms with Crippen LogP contribution in [0.2, 0.25) is 0 Å². The Morgan fingerprint density at radius 2 is 2.20 bits per heavy atom. The molecule has 0 radical (unpaired) electrons. The molecule has 0 aliphatic rings. The summed E-state index contributed by atoms with van der Waals surface area (Å²) >= 11 is 0. The van der Waals surface area contributed by atoms with Crippen LogP contribution in [0, 0.1) is 5.92 Å². The molecule has 1 atom stereocenters. The largest absolute Gasteiger partial charge is 0.340 e. The third-order valence-corrected chi connectivity index (χ3v) is 3.50. The maximum Gasteiger partial charge on any atom is 0.147 e. The highest BCUT2D eigenvalue weighted by Gasteiger charge is 2.18. The first kappa shape index (κ1) is 12.8. The predicted molar refractivity (Wildman–Crippen MR) is 76.1 cm³/mol. The molecular weight excluding hydrogens is 255 g/mol. The monoisotopic (exact) mass is 272 g/mol. The van der Waals surface area contributed by atoms with Crippen molar-refractivity contribution in [1.29, 1.82) is 0 Å². The smallest absolute Gasteiger partial charge is 0.147 e. The van der Waals surface area contributed by atoms with E-state index in [2.05, 4.69) is 39.4 Å². The summed E-state index contributed by atoms with van der Waals surface area (Å²) in [7, 11) is 0. The predicted octanol–water partition coefficient (Wildman–Crippen LogP) is 3.47. The molecule has 0 bridgehead atoms. The number of alkyl halides is 1. The number of benzene rings is 1. The van der Waals surface area contributed by atoms with E-state index in [9.17, 15) is 4.39 Å². The van der Waals surface area contributed by atoms with Gasteiger partial charge in [-0.05, 0) is 23.6 Å². The normalized spacial score (nSPS) is 13.2. The van der Waals surface area contributed by atoms with Crippen LogP contribution in [0.15, 0.2) is 36.9 Å². The number of imidazole rings is 2. The van der Waals surface area contributed by atoms with Crippen molar-refractivity contribution >= 4 is 11.0 Å². The van der Waals surface area contributed by atoms with Gasteiger partial charge in [-0.1, -0.05) is 19.9 Å². The second-order valence-electron chi connectivity index (χ2n) is 5.29. The van der Waals surface area contributed by atoms with Crippen molar-refractivity contribution in [2.24, 2.45) is 5.92 Å². The van der Waals surface area contributed by atoms with Crippen LogP contribution in [0.3, 0.4) is 0 Å². The fourth-order valence-corrected chi connectivity index (χ4v) is 2.66. The molecule has 0 saturated heterocycles. The molecule has 20 heavy (non-hydrogen) atoms. The van der Waals surface area contributed by atoms with Crippen molar-refractivity contribution in [2.75, 3.05) is 0 Å². The number of hydrogen-bond acceptors (Lipinski definition) is 2. The Kier molecular flexibility index (Phi) is 3.26. The van der Waals surface area contributed by atoms with E-state index in [0.717, 1.165) is 11.0 Å². The molecule has 0 spiro atoms. The lowest BCUT2D eigenvalue weighted by Crippen LogP contribution is -2.15. The summed E-state index contributed by atoms with van der Waals surface area (Å²) < 4.78 is 14.8. The number of nitrogens with one attached hydrogen (secondary N) is 1. The van der Waals surface area contributed by atoms with Crippen molar-refractivity contribution in [3.05, 3.63) is 48.3 Å². The van der Waals surface area contributed by atoms with E-state index < -0.39 is 6.67 Å². The van der Waals surface area contributed by atoms with Crippen LogP contribution >= 0.6 is 0 Å². The van der Waals surface area contributed by atoms with Crippen molar-refractivity contribution in [1.82, 2.24) is 19.5 Å². The van der Waals surface area contributed by atoms with Crippen molar-refractivity contribution in [2.45, 2.75) is 26.6 Å². The van der Waals surface area contributed by atoms with Gasteiger partial charge < -0.3 is 9.55 Å². The van der Waals surface area contributed by atoms with Gasteiger partial charge in [0.25, 0.3) is 0 Å². The van der Waals surface area contributed by atoms with Gasteiger partial charge in [-0.2, -0.15) is 0 Å². The number of fused-ring (bicyclic) bond motifs is 1. The van der Waals surface area contributed by atoms with Gasteiger partial charge in [0.1, 0.15) is 12.5 Å². The van der Waals surface area contributed by atoms with Gasteiger partial charge in [0.05, 0.1) is 23.4 Å². The van der Waals surface area contributed by atoms with Gasteiger partial charge in [-0.25, -0.2) is 14.4 Å². The SMILES string of the molecule is CC(C)C(c1ccc2nc(CF)[nH]c2c1)n1ccnc1. The minimum atomic E-state index is -0.570. The first-order valence-electron chi connectivity index (χ1n) is 6.71. The van der Waals surface area contributed by atoms with Crippen LogP contribution in [-0.4, -0.2) is 19.5 Å². The van der Waals surface area contributed by atoms with Gasteiger partial charge in [-0.15, -0.1) is 0 Å². The second-order valence-corrected chi connectivity index (χ2v) is 5.29. The maximum atomic E-state index is 12.7. The lowest BCUT2D eigenvalue weighted by Gasteiger charge is -2.22. The molecule has 0 fully saturated rings. The quantitative estimate of drug-likeness (QED) is 0.790. The van der Waals surface area contributed by atoms with Crippen LogP contribution in [0.1, 0.15) is 31.3 Å². The number of rotatable bonds is 4. The molecule has 5 heteroatoms. The minimum absolute atomic E-state index is 0.207. The molecule has 3 rings (SSSR count). The summed E-state index contributed by atoms with van der Waals surface area (Å²) in [6, 6.07) is 6.24. The fraction of sp³-hybridized carbons (Fsp3) is 0.333. The lowest BCUT2D eigenvalue weighted by atomic mass is 9.95. The van der Waals surface area contributed by atoms with E-state index in [1.54, 1.807) is 6.20 Å². The maximum absolute atomic E-state index is 12.7. The Morgan fingerprint density at radius 1 is 1.35 bits per heavy atom. The summed E-state index contributed by atoms with van der Waals surface area (Å²) in [5, 5.41) is 0. The van der Waals surface area contributed by atoms with E-state index >= 15 is 0 Å². The average molecular weight is 272 g/mol. The summed E-state index contributed by atoms with van der Waals surface area (Å²) in [5.41, 5.74) is 2.84. The Labute approximate surface area is 116 Å². The first-order chi connectivity index (χ1) is 9.69. The molecule has 2 aromatic heterocycles. The first-order valence-corrected chi connectivity index (χ1v) is 6.71. The van der Waals surface area contributed by atoms with E-state index in [1.807, 2.05) is 24.7 Å². The molecule has 0 amide bonds. The zero-order chi connectivity index (χ0) is 14.1. The molecule has 1 N–H and O–H groups in total. The summed E-state index contributed by atoms with van der Waals surface area (Å²) in [6.07, 6.45) is 5.58. The van der Waals surface area contributed by atoms with E-state index in [0.29, 0.717) is 11.7 Å². The number of H-pyrrole nitrogens is 1. The van der Waals surface area contributed by atoms with Gasteiger partial charge in [0, 0.05) is 12.4 Å². The number of hydrogen-bond donors (Lipinski definition) is 1. The molecule has 1 aromatic carbocycles. The molecule has 2 heterocycles. The van der Waals surface area contributed by atoms with Gasteiger partial charge in [0.15, 0.2) is 0 Å². The molecule has 3 aromatic rings. The molecule has 104 valence electrons. The molecule has 0 aliphatic heterocycles. The van der Waals surface area contributed by atoms with Crippen LogP contribution in [0.4, 0.5) is 4.39 Å². The van der Waals surface area contributed by atoms with Crippen molar-refractivity contribution in [3.8, 4) is 0 Å². The van der Waals surface area contributed by atoms with Crippen molar-refractivity contribution < 1.29 is 4.39 Å². The summed E-state index contributed by atoms with van der Waals surface area (Å²) in [5.74, 6) is 0.797. The van der Waals surface area contributed by atoms with Crippen molar-refractivity contribution in [3.63, 3.8) is 0 Å². The zero-order valence-corrected chi connectivity index (χ0v) is 11.5. The number of halogens is 1. The van der Waals surface area contributed by atoms with E-state index in [-0.39, 0.29) is 6.04 Å². The highest BCUT2D eigenvalue weighted by atomic mass is 19.1.